The van der Waals surface area contributed by atoms with Gasteiger partial charge in [0.25, 0.3) is 0 Å². The molecule has 114 valence electrons. The van der Waals surface area contributed by atoms with E-state index in [1.54, 1.807) is 19.1 Å². The van der Waals surface area contributed by atoms with Crippen LogP contribution in [0.15, 0.2) is 17.0 Å². The molecule has 0 spiro atoms. The second-order valence-corrected chi connectivity index (χ2v) is 6.85. The van der Waals surface area contributed by atoms with Crippen molar-refractivity contribution in [1.29, 1.82) is 0 Å². The molecule has 0 radical (unpaired) electrons. The summed E-state index contributed by atoms with van der Waals surface area (Å²) in [7, 11) is -3.57. The number of aryl methyl sites for hydroxylation is 1. The first-order chi connectivity index (χ1) is 9.31. The number of anilines is 1. The number of hydrogen-bond acceptors (Lipinski definition) is 4. The lowest BCUT2D eigenvalue weighted by Gasteiger charge is -2.16. The largest absolute Gasteiger partial charge is 0.398 e. The number of nitrogen functional groups attached to an aromatic ring is 1. The van der Waals surface area contributed by atoms with Crippen LogP contribution in [0.1, 0.15) is 30.9 Å². The van der Waals surface area contributed by atoms with Crippen molar-refractivity contribution < 1.29 is 13.5 Å². The van der Waals surface area contributed by atoms with Gasteiger partial charge in [-0.2, -0.15) is 0 Å². The molecule has 1 aromatic rings. The molecule has 6 heteroatoms. The predicted molar refractivity (Wildman–Crippen MR) is 81.0 cm³/mol. The van der Waals surface area contributed by atoms with Gasteiger partial charge in [0.1, 0.15) is 0 Å². The van der Waals surface area contributed by atoms with E-state index in [4.69, 9.17) is 10.8 Å². The van der Waals surface area contributed by atoms with E-state index in [9.17, 15) is 8.42 Å². The first-order valence-corrected chi connectivity index (χ1v) is 8.27. The minimum absolute atomic E-state index is 0.0661. The molecule has 0 aliphatic rings. The molecular weight excluding hydrogens is 276 g/mol. The molecule has 1 unspecified atom stereocenters. The standard InChI is InChI=1S/C14H24N2O3S/c1-4-12(5-6-17)9-16-20(18,19)14-8-10(2)7-13(15)11(14)3/h7-8,12,16-17H,4-6,9,15H2,1-3H3. The number of sulfonamides is 1. The van der Waals surface area contributed by atoms with E-state index in [0.29, 0.717) is 24.2 Å². The summed E-state index contributed by atoms with van der Waals surface area (Å²) in [6, 6.07) is 3.38. The van der Waals surface area contributed by atoms with Crippen LogP contribution in [0.5, 0.6) is 0 Å². The predicted octanol–water partition coefficient (Wildman–Crippen LogP) is 1.57. The number of nitrogens with two attached hydrogens (primary N) is 1. The third-order valence-electron chi connectivity index (χ3n) is 3.51. The molecular formula is C14H24N2O3S. The minimum atomic E-state index is -3.57. The smallest absolute Gasteiger partial charge is 0.240 e. The molecule has 20 heavy (non-hydrogen) atoms. The van der Waals surface area contributed by atoms with Crippen LogP contribution in [-0.2, 0) is 10.0 Å². The highest BCUT2D eigenvalue weighted by atomic mass is 32.2. The quantitative estimate of drug-likeness (QED) is 0.666. The van der Waals surface area contributed by atoms with Gasteiger partial charge in [-0.15, -0.1) is 0 Å². The summed E-state index contributed by atoms with van der Waals surface area (Å²) in [5, 5.41) is 8.94. The lowest BCUT2D eigenvalue weighted by molar-refractivity contribution is 0.254. The number of nitrogens with one attached hydrogen (secondary N) is 1. The van der Waals surface area contributed by atoms with Crippen LogP contribution in [-0.4, -0.2) is 26.7 Å². The summed E-state index contributed by atoms with van der Waals surface area (Å²) >= 11 is 0. The van der Waals surface area contributed by atoms with Crippen LogP contribution >= 0.6 is 0 Å². The first-order valence-electron chi connectivity index (χ1n) is 6.79. The molecule has 5 nitrogen and oxygen atoms in total. The van der Waals surface area contributed by atoms with Gasteiger partial charge in [-0.05, 0) is 49.4 Å². The highest BCUT2D eigenvalue weighted by molar-refractivity contribution is 7.89. The van der Waals surface area contributed by atoms with Crippen LogP contribution in [0.3, 0.4) is 0 Å². The maximum Gasteiger partial charge on any atom is 0.240 e. The Morgan fingerprint density at radius 3 is 2.55 bits per heavy atom. The molecule has 0 bridgehead atoms. The molecule has 0 aliphatic heterocycles. The molecule has 0 amide bonds. The fourth-order valence-electron chi connectivity index (χ4n) is 2.07. The fourth-order valence-corrected chi connectivity index (χ4v) is 3.54. The van der Waals surface area contributed by atoms with E-state index in [0.717, 1.165) is 12.0 Å². The van der Waals surface area contributed by atoms with E-state index < -0.39 is 10.0 Å². The minimum Gasteiger partial charge on any atom is -0.398 e. The maximum atomic E-state index is 12.4. The Kier molecular flexibility index (Phi) is 5.98. The number of hydrogen-bond donors (Lipinski definition) is 3. The van der Waals surface area contributed by atoms with Crippen molar-refractivity contribution >= 4 is 15.7 Å². The Balaban J connectivity index is 2.94. The van der Waals surface area contributed by atoms with Gasteiger partial charge in [0.05, 0.1) is 4.90 Å². The van der Waals surface area contributed by atoms with Gasteiger partial charge in [-0.25, -0.2) is 13.1 Å². The van der Waals surface area contributed by atoms with Crippen LogP contribution in [0, 0.1) is 19.8 Å². The topological polar surface area (TPSA) is 92.4 Å². The normalized spacial score (nSPS) is 13.4. The Morgan fingerprint density at radius 2 is 2.00 bits per heavy atom. The summed E-state index contributed by atoms with van der Waals surface area (Å²) in [5.74, 6) is 0.136. The molecule has 4 N–H and O–H groups in total. The van der Waals surface area contributed by atoms with Gasteiger partial charge in [-0.1, -0.05) is 13.3 Å². The van der Waals surface area contributed by atoms with E-state index >= 15 is 0 Å². The third-order valence-corrected chi connectivity index (χ3v) is 5.06. The van der Waals surface area contributed by atoms with Gasteiger partial charge in [-0.3, -0.25) is 0 Å². The van der Waals surface area contributed by atoms with Gasteiger partial charge in [0.2, 0.25) is 10.0 Å². The SMILES string of the molecule is CCC(CCO)CNS(=O)(=O)c1cc(C)cc(N)c1C. The lowest BCUT2D eigenvalue weighted by atomic mass is 10.0. The summed E-state index contributed by atoms with van der Waals surface area (Å²) in [6.45, 7) is 5.89. The van der Waals surface area contributed by atoms with Crippen molar-refractivity contribution in [3.8, 4) is 0 Å². The molecule has 0 fully saturated rings. The summed E-state index contributed by atoms with van der Waals surface area (Å²) in [4.78, 5) is 0.230. The summed E-state index contributed by atoms with van der Waals surface area (Å²) in [6.07, 6.45) is 1.41. The molecule has 0 saturated heterocycles. The van der Waals surface area contributed by atoms with Crippen molar-refractivity contribution in [3.63, 3.8) is 0 Å². The van der Waals surface area contributed by atoms with Gasteiger partial charge < -0.3 is 10.8 Å². The number of benzene rings is 1. The second-order valence-electron chi connectivity index (χ2n) is 5.12. The van der Waals surface area contributed by atoms with Gasteiger partial charge >= 0.3 is 0 Å². The molecule has 0 heterocycles. The van der Waals surface area contributed by atoms with Gasteiger partial charge in [0.15, 0.2) is 0 Å². The maximum absolute atomic E-state index is 12.4. The van der Waals surface area contributed by atoms with Crippen molar-refractivity contribution in [2.24, 2.45) is 5.92 Å². The van der Waals surface area contributed by atoms with E-state index in [1.807, 2.05) is 13.8 Å². The lowest BCUT2D eigenvalue weighted by Crippen LogP contribution is -2.30. The highest BCUT2D eigenvalue weighted by Gasteiger charge is 2.19. The number of rotatable bonds is 7. The molecule has 1 aromatic carbocycles. The van der Waals surface area contributed by atoms with Crippen LogP contribution < -0.4 is 10.5 Å². The van der Waals surface area contributed by atoms with Crippen molar-refractivity contribution in [1.82, 2.24) is 4.72 Å². The van der Waals surface area contributed by atoms with E-state index in [2.05, 4.69) is 4.72 Å². The Bertz CT molecular complexity index is 556. The molecule has 0 aliphatic carbocycles. The molecule has 1 rings (SSSR count). The second kappa shape index (κ2) is 7.06. The summed E-state index contributed by atoms with van der Waals surface area (Å²) < 4.78 is 27.3. The Hall–Kier alpha value is -1.11. The van der Waals surface area contributed by atoms with Crippen LogP contribution in [0.2, 0.25) is 0 Å². The van der Waals surface area contributed by atoms with Crippen LogP contribution in [0.25, 0.3) is 0 Å². The molecule has 0 saturated carbocycles. The van der Waals surface area contributed by atoms with Crippen molar-refractivity contribution in [2.45, 2.75) is 38.5 Å². The van der Waals surface area contributed by atoms with Crippen LogP contribution in [0.4, 0.5) is 5.69 Å². The van der Waals surface area contributed by atoms with Gasteiger partial charge in [0, 0.05) is 18.8 Å². The fraction of sp³-hybridized carbons (Fsp3) is 0.571. The monoisotopic (exact) mass is 300 g/mol. The number of aliphatic hydroxyl groups excluding tert-OH is 1. The zero-order valence-corrected chi connectivity index (χ0v) is 13.1. The molecule has 1 atom stereocenters. The number of aliphatic hydroxyl groups is 1. The zero-order chi connectivity index (χ0) is 15.3. The average Bonchev–Trinajstić information content (AvgIpc) is 2.38. The Morgan fingerprint density at radius 1 is 1.35 bits per heavy atom. The Labute approximate surface area is 121 Å². The van der Waals surface area contributed by atoms with Crippen molar-refractivity contribution in [3.05, 3.63) is 23.3 Å². The molecule has 0 aromatic heterocycles. The summed E-state index contributed by atoms with van der Waals surface area (Å²) in [5.41, 5.74) is 7.69. The van der Waals surface area contributed by atoms with Crippen molar-refractivity contribution in [2.75, 3.05) is 18.9 Å². The van der Waals surface area contributed by atoms with E-state index in [1.165, 1.54) is 0 Å². The zero-order valence-electron chi connectivity index (χ0n) is 12.3. The van der Waals surface area contributed by atoms with E-state index in [-0.39, 0.29) is 17.4 Å². The highest BCUT2D eigenvalue weighted by Crippen LogP contribution is 2.23. The average molecular weight is 300 g/mol. The first kappa shape index (κ1) is 16.9. The third kappa shape index (κ3) is 4.19.